The zero-order valence-corrected chi connectivity index (χ0v) is 10.2. The van der Waals surface area contributed by atoms with Crippen LogP contribution in [0.25, 0.3) is 0 Å². The van der Waals surface area contributed by atoms with Gasteiger partial charge in [0.1, 0.15) is 0 Å². The zero-order valence-electron chi connectivity index (χ0n) is 10.2. The van der Waals surface area contributed by atoms with E-state index >= 15 is 0 Å². The molecule has 3 heteroatoms. The third kappa shape index (κ3) is 2.61. The smallest absolute Gasteiger partial charge is 0.168 e. The maximum atomic E-state index is 12.0. The molecule has 0 radical (unpaired) electrons. The maximum absolute atomic E-state index is 12.0. The lowest BCUT2D eigenvalue weighted by molar-refractivity contribution is 0.0991. The van der Waals surface area contributed by atoms with Gasteiger partial charge in [0.15, 0.2) is 5.78 Å². The molecule has 0 saturated carbocycles. The molecule has 1 aromatic heterocycles. The van der Waals surface area contributed by atoms with Crippen LogP contribution in [-0.4, -0.2) is 15.6 Å². The quantitative estimate of drug-likeness (QED) is 0.753. The lowest BCUT2D eigenvalue weighted by atomic mass is 10.1. The zero-order chi connectivity index (χ0) is 12.3. The van der Waals surface area contributed by atoms with Crippen LogP contribution in [0, 0.1) is 0 Å². The number of hydrogen-bond donors (Lipinski definition) is 0. The minimum Gasteiger partial charge on any atom is -0.294 e. The van der Waals surface area contributed by atoms with Crippen molar-refractivity contribution in [3.05, 3.63) is 53.3 Å². The topological polar surface area (TPSA) is 34.9 Å². The highest BCUT2D eigenvalue weighted by atomic mass is 16.1. The molecule has 0 N–H and O–H groups in total. The van der Waals surface area contributed by atoms with E-state index in [1.165, 1.54) is 0 Å². The molecule has 0 unspecified atom stereocenters. The number of ketones is 1. The fraction of sp³-hybridized carbons (Fsp3) is 0.286. The Balaban J connectivity index is 2.16. The summed E-state index contributed by atoms with van der Waals surface area (Å²) in [5, 5.41) is 4.34. The summed E-state index contributed by atoms with van der Waals surface area (Å²) in [6, 6.07) is 11.4. The third-order valence-corrected chi connectivity index (χ3v) is 2.83. The molecule has 88 valence electrons. The van der Waals surface area contributed by atoms with E-state index < -0.39 is 0 Å². The van der Waals surface area contributed by atoms with Gasteiger partial charge in [-0.3, -0.25) is 9.48 Å². The van der Waals surface area contributed by atoms with E-state index in [-0.39, 0.29) is 5.78 Å². The lowest BCUT2D eigenvalue weighted by Crippen LogP contribution is -2.07. The molecule has 0 saturated heterocycles. The van der Waals surface area contributed by atoms with Gasteiger partial charge in [-0.05, 0) is 12.5 Å². The Morgan fingerprint density at radius 1 is 1.29 bits per heavy atom. The first-order chi connectivity index (χ1) is 8.20. The Hall–Kier alpha value is -1.90. The predicted molar refractivity (Wildman–Crippen MR) is 67.1 cm³/mol. The summed E-state index contributed by atoms with van der Waals surface area (Å²) in [6.07, 6.45) is 1.31. The lowest BCUT2D eigenvalue weighted by Gasteiger charge is -2.01. The van der Waals surface area contributed by atoms with Crippen molar-refractivity contribution < 1.29 is 4.79 Å². The van der Waals surface area contributed by atoms with Crippen LogP contribution in [0.1, 0.15) is 28.7 Å². The normalized spacial score (nSPS) is 10.5. The minimum absolute atomic E-state index is 0.135. The SMILES string of the molecule is CCc1cc(CC(=O)c2ccccc2)n(C)n1. The molecule has 2 rings (SSSR count). The highest BCUT2D eigenvalue weighted by molar-refractivity contribution is 5.97. The molecule has 3 nitrogen and oxygen atoms in total. The number of carbonyl (C=O) groups is 1. The monoisotopic (exact) mass is 228 g/mol. The van der Waals surface area contributed by atoms with E-state index in [0.29, 0.717) is 6.42 Å². The number of benzene rings is 1. The van der Waals surface area contributed by atoms with Gasteiger partial charge in [-0.1, -0.05) is 37.3 Å². The van der Waals surface area contributed by atoms with E-state index in [2.05, 4.69) is 12.0 Å². The van der Waals surface area contributed by atoms with Crippen molar-refractivity contribution in [2.75, 3.05) is 0 Å². The predicted octanol–water partition coefficient (Wildman–Crippen LogP) is 2.41. The van der Waals surface area contributed by atoms with Crippen LogP contribution in [0.15, 0.2) is 36.4 Å². The number of rotatable bonds is 4. The Bertz CT molecular complexity index is 514. The fourth-order valence-electron chi connectivity index (χ4n) is 1.80. The third-order valence-electron chi connectivity index (χ3n) is 2.83. The average molecular weight is 228 g/mol. The number of Topliss-reactive ketones (excluding diaryl/α,β-unsaturated/α-hetero) is 1. The van der Waals surface area contributed by atoms with Gasteiger partial charge in [0.05, 0.1) is 12.1 Å². The second-order valence-corrected chi connectivity index (χ2v) is 4.07. The summed E-state index contributed by atoms with van der Waals surface area (Å²) in [5.74, 6) is 0.135. The van der Waals surface area contributed by atoms with Crippen molar-refractivity contribution in [2.45, 2.75) is 19.8 Å². The molecule has 0 bridgehead atoms. The van der Waals surface area contributed by atoms with Crippen LogP contribution in [0.4, 0.5) is 0 Å². The highest BCUT2D eigenvalue weighted by Gasteiger charge is 2.10. The van der Waals surface area contributed by atoms with Gasteiger partial charge in [0, 0.05) is 18.3 Å². The molecular formula is C14H16N2O. The number of aromatic nitrogens is 2. The van der Waals surface area contributed by atoms with Gasteiger partial charge in [-0.2, -0.15) is 5.10 Å². The number of hydrogen-bond acceptors (Lipinski definition) is 2. The van der Waals surface area contributed by atoms with Crippen molar-refractivity contribution in [1.82, 2.24) is 9.78 Å². The van der Waals surface area contributed by atoms with Crippen molar-refractivity contribution in [2.24, 2.45) is 7.05 Å². The van der Waals surface area contributed by atoms with Gasteiger partial charge in [0.2, 0.25) is 0 Å². The summed E-state index contributed by atoms with van der Waals surface area (Å²) < 4.78 is 1.79. The van der Waals surface area contributed by atoms with Crippen molar-refractivity contribution >= 4 is 5.78 Å². The van der Waals surface area contributed by atoms with E-state index in [1.807, 2.05) is 43.4 Å². The molecule has 2 aromatic rings. The molecule has 1 heterocycles. The standard InChI is InChI=1S/C14H16N2O/c1-3-12-9-13(16(2)15-12)10-14(17)11-7-5-4-6-8-11/h4-9H,3,10H2,1-2H3. The van der Waals surface area contributed by atoms with Gasteiger partial charge in [-0.25, -0.2) is 0 Å². The average Bonchev–Trinajstić information content (AvgIpc) is 2.71. The molecule has 0 aliphatic carbocycles. The van der Waals surface area contributed by atoms with Crippen molar-refractivity contribution in [3.63, 3.8) is 0 Å². The molecule has 17 heavy (non-hydrogen) atoms. The molecular weight excluding hydrogens is 212 g/mol. The molecule has 0 aliphatic rings. The first kappa shape index (κ1) is 11.6. The Morgan fingerprint density at radius 3 is 2.59 bits per heavy atom. The molecule has 0 atom stereocenters. The summed E-state index contributed by atoms with van der Waals surface area (Å²) in [6.45, 7) is 2.06. The van der Waals surface area contributed by atoms with Crippen molar-refractivity contribution in [3.8, 4) is 0 Å². The Morgan fingerprint density at radius 2 is 2.00 bits per heavy atom. The number of carbonyl (C=O) groups excluding carboxylic acids is 1. The summed E-state index contributed by atoms with van der Waals surface area (Å²) >= 11 is 0. The van der Waals surface area contributed by atoms with Crippen molar-refractivity contribution in [1.29, 1.82) is 0 Å². The molecule has 0 amide bonds. The van der Waals surface area contributed by atoms with Gasteiger partial charge >= 0.3 is 0 Å². The first-order valence-electron chi connectivity index (χ1n) is 5.80. The van der Waals surface area contributed by atoms with E-state index in [4.69, 9.17) is 0 Å². The first-order valence-corrected chi connectivity index (χ1v) is 5.80. The molecule has 0 spiro atoms. The van der Waals surface area contributed by atoms with Crippen LogP contribution in [0.2, 0.25) is 0 Å². The second kappa shape index (κ2) is 4.95. The van der Waals surface area contributed by atoms with E-state index in [9.17, 15) is 4.79 Å². The minimum atomic E-state index is 0.135. The van der Waals surface area contributed by atoms with E-state index in [1.54, 1.807) is 4.68 Å². The number of nitrogens with zero attached hydrogens (tertiary/aromatic N) is 2. The Labute approximate surface area is 101 Å². The Kier molecular flexibility index (Phi) is 3.38. The maximum Gasteiger partial charge on any atom is 0.168 e. The van der Waals surface area contributed by atoms with Crippen LogP contribution in [0.5, 0.6) is 0 Å². The van der Waals surface area contributed by atoms with Gasteiger partial charge in [0.25, 0.3) is 0 Å². The van der Waals surface area contributed by atoms with Crippen LogP contribution < -0.4 is 0 Å². The van der Waals surface area contributed by atoms with Gasteiger partial charge < -0.3 is 0 Å². The second-order valence-electron chi connectivity index (χ2n) is 4.07. The van der Waals surface area contributed by atoms with Crippen LogP contribution in [0.3, 0.4) is 0 Å². The molecule has 1 aromatic carbocycles. The molecule has 0 aliphatic heterocycles. The van der Waals surface area contributed by atoms with E-state index in [0.717, 1.165) is 23.4 Å². The van der Waals surface area contributed by atoms with Crippen LogP contribution >= 0.6 is 0 Å². The largest absolute Gasteiger partial charge is 0.294 e. The van der Waals surface area contributed by atoms with Gasteiger partial charge in [-0.15, -0.1) is 0 Å². The summed E-state index contributed by atoms with van der Waals surface area (Å²) in [5.41, 5.74) is 2.76. The van der Waals surface area contributed by atoms with Crippen LogP contribution in [-0.2, 0) is 19.9 Å². The summed E-state index contributed by atoms with van der Waals surface area (Å²) in [7, 11) is 1.88. The molecule has 0 fully saturated rings. The summed E-state index contributed by atoms with van der Waals surface area (Å²) in [4.78, 5) is 12.0. The number of aryl methyl sites for hydroxylation is 2. The highest BCUT2D eigenvalue weighted by Crippen LogP contribution is 2.09. The fourth-order valence-corrected chi connectivity index (χ4v) is 1.80.